The van der Waals surface area contributed by atoms with E-state index < -0.39 is 18.1 Å². The van der Waals surface area contributed by atoms with Crippen molar-refractivity contribution in [3.05, 3.63) is 117 Å². The van der Waals surface area contributed by atoms with Crippen molar-refractivity contribution >= 4 is 5.97 Å². The van der Waals surface area contributed by atoms with Crippen LogP contribution in [0.15, 0.2) is 72.8 Å². The highest BCUT2D eigenvalue weighted by Gasteiger charge is 2.32. The first-order chi connectivity index (χ1) is 23.0. The molecule has 0 aliphatic heterocycles. The van der Waals surface area contributed by atoms with Gasteiger partial charge in [0, 0.05) is 13.2 Å². The van der Waals surface area contributed by atoms with Crippen LogP contribution in [0.1, 0.15) is 77.3 Å². The number of aliphatic carboxylic acids is 1. The maximum atomic E-state index is 11.5. The smallest absolute Gasteiger partial charge is 0.326 e. The van der Waals surface area contributed by atoms with Crippen molar-refractivity contribution in [2.24, 2.45) is 5.92 Å². The maximum Gasteiger partial charge on any atom is 0.326 e. The van der Waals surface area contributed by atoms with Crippen molar-refractivity contribution in [1.82, 2.24) is 5.32 Å². The summed E-state index contributed by atoms with van der Waals surface area (Å²) in [7, 11) is 0. The molecule has 4 aromatic carbocycles. The first kappa shape index (κ1) is 35.1. The summed E-state index contributed by atoms with van der Waals surface area (Å²) in [6.45, 7) is 10.3. The first-order valence-electron chi connectivity index (χ1n) is 16.9. The highest BCUT2D eigenvalue weighted by atomic mass is 16.5. The average molecular weight is 652 g/mol. The predicted octanol–water partition coefficient (Wildman–Crippen LogP) is 7.41. The van der Waals surface area contributed by atoms with Gasteiger partial charge < -0.3 is 24.8 Å². The minimum atomic E-state index is -1.40. The lowest BCUT2D eigenvalue weighted by molar-refractivity contribution is -0.145. The fourth-order valence-corrected chi connectivity index (χ4v) is 6.41. The average Bonchev–Trinajstić information content (AvgIpc) is 3.50. The zero-order chi connectivity index (χ0) is 34.4. The van der Waals surface area contributed by atoms with Gasteiger partial charge >= 0.3 is 5.97 Å². The van der Waals surface area contributed by atoms with Gasteiger partial charge in [-0.25, -0.2) is 0 Å². The number of rotatable bonds is 15. The Morgan fingerprint density at radius 2 is 1.62 bits per heavy atom. The van der Waals surface area contributed by atoms with E-state index in [2.05, 4.69) is 80.7 Å². The number of nitrogens with one attached hydrogen (secondary N) is 1. The number of ether oxygens (including phenoxy) is 2. The van der Waals surface area contributed by atoms with E-state index in [0.717, 1.165) is 59.4 Å². The zero-order valence-electron chi connectivity index (χ0n) is 28.8. The standard InChI is InChI=1S/C41H49NO6/c1-26(23-43)12-13-30-14-17-37(27(2)20-30)47-24-32-8-6-9-33(29(32)4)34-10-7-11-36-35(34)16-19-39(36)48-38-18-15-31(21-28(38)3)22-42-41(5,25-44)40(45)46/h6-11,14-15,17-18,20-21,26,39,42-44H,12-13,16,19,22-25H2,1-5H3,(H,45,46)/t26-,39?,41+/m1/s1. The topological polar surface area (TPSA) is 108 Å². The highest BCUT2D eigenvalue weighted by molar-refractivity contribution is 5.78. The third-order valence-corrected chi connectivity index (χ3v) is 9.79. The lowest BCUT2D eigenvalue weighted by atomic mass is 9.91. The van der Waals surface area contributed by atoms with Crippen LogP contribution in [0, 0.1) is 26.7 Å². The Labute approximate surface area is 284 Å². The molecule has 4 N–H and O–H groups in total. The molecule has 48 heavy (non-hydrogen) atoms. The highest BCUT2D eigenvalue weighted by Crippen LogP contribution is 2.42. The quantitative estimate of drug-likeness (QED) is 0.106. The number of hydrogen-bond donors (Lipinski definition) is 4. The summed E-state index contributed by atoms with van der Waals surface area (Å²) >= 11 is 0. The summed E-state index contributed by atoms with van der Waals surface area (Å²) in [4.78, 5) is 11.5. The molecule has 1 aliphatic rings. The molecule has 5 rings (SSSR count). The molecular formula is C41H49NO6. The summed E-state index contributed by atoms with van der Waals surface area (Å²) in [6, 6.07) is 25.2. The van der Waals surface area contributed by atoms with Crippen LogP contribution < -0.4 is 14.8 Å². The SMILES string of the molecule is Cc1cc(CC[C@@H](C)CO)ccc1OCc1cccc(-c2cccc3c2CCC3Oc2ccc(CN[C@@](C)(CO)C(=O)O)cc2C)c1C. The van der Waals surface area contributed by atoms with E-state index >= 15 is 0 Å². The molecule has 0 amide bonds. The molecule has 0 fully saturated rings. The van der Waals surface area contributed by atoms with Gasteiger partial charge in [0.2, 0.25) is 0 Å². The van der Waals surface area contributed by atoms with Gasteiger partial charge in [0.1, 0.15) is 29.7 Å². The molecule has 7 nitrogen and oxygen atoms in total. The second-order valence-corrected chi connectivity index (χ2v) is 13.6. The maximum absolute atomic E-state index is 11.5. The van der Waals surface area contributed by atoms with Gasteiger partial charge in [-0.3, -0.25) is 10.1 Å². The van der Waals surface area contributed by atoms with Gasteiger partial charge in [0.05, 0.1) is 6.61 Å². The molecule has 0 bridgehead atoms. The van der Waals surface area contributed by atoms with Crippen LogP contribution in [-0.4, -0.2) is 40.0 Å². The van der Waals surface area contributed by atoms with Gasteiger partial charge in [0.25, 0.3) is 0 Å². The summed E-state index contributed by atoms with van der Waals surface area (Å²) in [5, 5.41) is 31.3. The van der Waals surface area contributed by atoms with E-state index in [1.54, 1.807) is 0 Å². The minimum Gasteiger partial charge on any atom is -0.489 e. The number of carboxylic acid groups (broad SMARTS) is 1. The van der Waals surface area contributed by atoms with E-state index in [4.69, 9.17) is 9.47 Å². The van der Waals surface area contributed by atoms with E-state index in [1.165, 1.54) is 40.3 Å². The molecule has 0 heterocycles. The number of aliphatic hydroxyl groups excluding tert-OH is 2. The van der Waals surface area contributed by atoms with Crippen molar-refractivity contribution < 1.29 is 29.6 Å². The van der Waals surface area contributed by atoms with Crippen LogP contribution in [0.2, 0.25) is 0 Å². The fraction of sp³-hybridized carbons (Fsp3) is 0.390. The van der Waals surface area contributed by atoms with Gasteiger partial charge in [-0.05, 0) is 127 Å². The monoisotopic (exact) mass is 651 g/mol. The summed E-state index contributed by atoms with van der Waals surface area (Å²) in [6.07, 6.45) is 3.67. The van der Waals surface area contributed by atoms with Crippen LogP contribution in [0.4, 0.5) is 0 Å². The van der Waals surface area contributed by atoms with Crippen molar-refractivity contribution in [1.29, 1.82) is 0 Å². The third-order valence-electron chi connectivity index (χ3n) is 9.79. The molecule has 0 saturated carbocycles. The number of aliphatic hydroxyl groups is 2. The Hall–Kier alpha value is -4.17. The lowest BCUT2D eigenvalue weighted by Gasteiger charge is -2.24. The molecule has 4 aromatic rings. The molecule has 0 radical (unpaired) electrons. The summed E-state index contributed by atoms with van der Waals surface area (Å²) < 4.78 is 12.9. The second kappa shape index (κ2) is 15.4. The van der Waals surface area contributed by atoms with Crippen LogP contribution in [0.3, 0.4) is 0 Å². The molecule has 1 aliphatic carbocycles. The Morgan fingerprint density at radius 3 is 2.33 bits per heavy atom. The molecule has 0 saturated heterocycles. The lowest BCUT2D eigenvalue weighted by Crippen LogP contribution is -2.52. The van der Waals surface area contributed by atoms with Crippen LogP contribution in [0.5, 0.6) is 11.5 Å². The molecular weight excluding hydrogens is 602 g/mol. The molecule has 3 atom stereocenters. The number of carbonyl (C=O) groups is 1. The van der Waals surface area contributed by atoms with Crippen molar-refractivity contribution in [2.75, 3.05) is 13.2 Å². The third kappa shape index (κ3) is 7.92. The Bertz CT molecular complexity index is 1750. The summed E-state index contributed by atoms with van der Waals surface area (Å²) in [5.41, 5.74) is 10.2. The minimum absolute atomic E-state index is 0.0584. The van der Waals surface area contributed by atoms with Gasteiger partial charge in [-0.15, -0.1) is 0 Å². The van der Waals surface area contributed by atoms with Crippen molar-refractivity contribution in [2.45, 2.75) is 85.1 Å². The number of aryl methyl sites for hydroxylation is 3. The Balaban J connectivity index is 1.27. The normalized spacial score (nSPS) is 15.9. The molecule has 0 aromatic heterocycles. The molecule has 7 heteroatoms. The molecule has 1 unspecified atom stereocenters. The number of fused-ring (bicyclic) bond motifs is 1. The van der Waals surface area contributed by atoms with Gasteiger partial charge in [-0.2, -0.15) is 0 Å². The van der Waals surface area contributed by atoms with E-state index in [-0.39, 0.29) is 12.7 Å². The van der Waals surface area contributed by atoms with E-state index in [9.17, 15) is 20.1 Å². The van der Waals surface area contributed by atoms with Gasteiger partial charge in [0.15, 0.2) is 0 Å². The zero-order valence-corrected chi connectivity index (χ0v) is 28.8. The van der Waals surface area contributed by atoms with Crippen LogP contribution in [-0.2, 0) is 30.8 Å². The largest absolute Gasteiger partial charge is 0.489 e. The molecule has 0 spiro atoms. The summed E-state index contributed by atoms with van der Waals surface area (Å²) in [5.74, 6) is 0.913. The number of benzene rings is 4. The molecule has 254 valence electrons. The fourth-order valence-electron chi connectivity index (χ4n) is 6.41. The number of carboxylic acids is 1. The Morgan fingerprint density at radius 1 is 0.938 bits per heavy atom. The van der Waals surface area contributed by atoms with Crippen LogP contribution in [0.25, 0.3) is 11.1 Å². The van der Waals surface area contributed by atoms with Gasteiger partial charge in [-0.1, -0.05) is 67.6 Å². The van der Waals surface area contributed by atoms with Crippen molar-refractivity contribution in [3.8, 4) is 22.6 Å². The first-order valence-corrected chi connectivity index (χ1v) is 16.9. The Kier molecular flexibility index (Phi) is 11.3. The second-order valence-electron chi connectivity index (χ2n) is 13.6. The van der Waals surface area contributed by atoms with E-state index in [0.29, 0.717) is 19.1 Å². The number of hydrogen-bond acceptors (Lipinski definition) is 6. The predicted molar refractivity (Wildman–Crippen MR) is 190 cm³/mol. The van der Waals surface area contributed by atoms with E-state index in [1.807, 2.05) is 25.1 Å². The van der Waals surface area contributed by atoms with Crippen molar-refractivity contribution in [3.63, 3.8) is 0 Å². The van der Waals surface area contributed by atoms with Crippen LogP contribution >= 0.6 is 0 Å².